The molecule has 0 aliphatic carbocycles. The second-order valence-electron chi connectivity index (χ2n) is 3.48. The minimum absolute atomic E-state index is 0.0324. The van der Waals surface area contributed by atoms with Gasteiger partial charge in [0.15, 0.2) is 5.01 Å². The van der Waals surface area contributed by atoms with E-state index < -0.39 is 17.0 Å². The van der Waals surface area contributed by atoms with Crippen LogP contribution < -0.4 is 0 Å². The first-order chi connectivity index (χ1) is 8.79. The number of aromatic nitrogens is 1. The largest absolute Gasteiger partial charge is 0.443 e. The highest BCUT2D eigenvalue weighted by Crippen LogP contribution is 2.33. The molecule has 0 unspecified atom stereocenters. The Balaban J connectivity index is 2.39. The van der Waals surface area contributed by atoms with Crippen molar-refractivity contribution in [3.05, 3.63) is 47.9 Å². The van der Waals surface area contributed by atoms with Gasteiger partial charge in [-0.25, -0.2) is 4.98 Å². The Morgan fingerprint density at radius 1 is 1.37 bits per heavy atom. The molecule has 1 aromatic heterocycles. The maximum absolute atomic E-state index is 12.4. The Morgan fingerprint density at radius 2 is 2.05 bits per heavy atom. The Labute approximate surface area is 132 Å². The van der Waals surface area contributed by atoms with Crippen molar-refractivity contribution in [1.82, 2.24) is 4.98 Å². The molecule has 1 heterocycles. The molecule has 0 aliphatic heterocycles. The summed E-state index contributed by atoms with van der Waals surface area (Å²) in [4.78, 5) is 15.3. The number of carbonyl (C=O) groups is 1. The van der Waals surface area contributed by atoms with E-state index in [0.29, 0.717) is 21.4 Å². The molecular formula is C11H4BrF3INOS. The fraction of sp³-hybridized carbons (Fsp3) is 0.0909. The van der Waals surface area contributed by atoms with Gasteiger partial charge in [0.25, 0.3) is 0 Å². The quantitative estimate of drug-likeness (QED) is 0.476. The number of carbonyl (C=O) groups excluding carboxylic acids is 1. The second kappa shape index (κ2) is 5.49. The topological polar surface area (TPSA) is 30.0 Å². The summed E-state index contributed by atoms with van der Waals surface area (Å²) in [5.41, 5.74) is 0.323. The van der Waals surface area contributed by atoms with E-state index in [9.17, 15) is 18.0 Å². The van der Waals surface area contributed by atoms with E-state index in [4.69, 9.17) is 0 Å². The van der Waals surface area contributed by atoms with Gasteiger partial charge in [-0.15, -0.1) is 11.3 Å². The zero-order valence-electron chi connectivity index (χ0n) is 8.96. The standard InChI is InChI=1S/C11H4BrF3INOS/c12-7-2-1-5(16)3-6(7)9(18)8-4-17-10(19-8)11(13,14)15/h1-4H. The van der Waals surface area contributed by atoms with Crippen molar-refractivity contribution in [2.45, 2.75) is 6.18 Å². The molecule has 0 bridgehead atoms. The summed E-state index contributed by atoms with van der Waals surface area (Å²) in [5, 5.41) is -1.02. The van der Waals surface area contributed by atoms with Crippen LogP contribution in [0.2, 0.25) is 0 Å². The molecule has 0 radical (unpaired) electrons. The molecule has 0 saturated carbocycles. The van der Waals surface area contributed by atoms with Crippen LogP contribution in [0.1, 0.15) is 20.2 Å². The molecule has 1 aromatic carbocycles. The van der Waals surface area contributed by atoms with Crippen LogP contribution in [0.15, 0.2) is 28.9 Å². The van der Waals surface area contributed by atoms with Crippen LogP contribution in [0.4, 0.5) is 13.2 Å². The highest BCUT2D eigenvalue weighted by Gasteiger charge is 2.35. The molecule has 2 nitrogen and oxygen atoms in total. The molecule has 0 saturated heterocycles. The summed E-state index contributed by atoms with van der Waals surface area (Å²) >= 11 is 5.59. The number of hydrogen-bond donors (Lipinski definition) is 0. The Hall–Kier alpha value is -0.480. The van der Waals surface area contributed by atoms with E-state index in [0.717, 1.165) is 9.77 Å². The molecule has 8 heteroatoms. The minimum Gasteiger partial charge on any atom is -0.288 e. The lowest BCUT2D eigenvalue weighted by Gasteiger charge is -2.02. The normalized spacial score (nSPS) is 11.6. The van der Waals surface area contributed by atoms with Crippen LogP contribution in [0.3, 0.4) is 0 Å². The average molecular weight is 462 g/mol. The Bertz CT molecular complexity index is 641. The molecule has 0 aliphatic rings. The number of rotatable bonds is 2. The molecule has 0 N–H and O–H groups in total. The van der Waals surface area contributed by atoms with Gasteiger partial charge < -0.3 is 0 Å². The van der Waals surface area contributed by atoms with E-state index in [-0.39, 0.29) is 4.88 Å². The minimum atomic E-state index is -4.52. The molecule has 0 fully saturated rings. The van der Waals surface area contributed by atoms with Crippen LogP contribution in [0.5, 0.6) is 0 Å². The first kappa shape index (κ1) is 14.9. The molecular weight excluding hydrogens is 458 g/mol. The maximum atomic E-state index is 12.4. The van der Waals surface area contributed by atoms with Gasteiger partial charge in [-0.05, 0) is 40.8 Å². The van der Waals surface area contributed by atoms with Crippen molar-refractivity contribution in [2.24, 2.45) is 0 Å². The van der Waals surface area contributed by atoms with E-state index in [2.05, 4.69) is 20.9 Å². The van der Waals surface area contributed by atoms with Gasteiger partial charge in [0, 0.05) is 19.8 Å². The molecule has 0 amide bonds. The highest BCUT2D eigenvalue weighted by molar-refractivity contribution is 14.1. The lowest BCUT2D eigenvalue weighted by Crippen LogP contribution is -2.03. The number of nitrogens with zero attached hydrogens (tertiary/aromatic N) is 1. The van der Waals surface area contributed by atoms with Gasteiger partial charge in [0.05, 0.1) is 4.88 Å². The van der Waals surface area contributed by atoms with E-state index >= 15 is 0 Å². The fourth-order valence-electron chi connectivity index (χ4n) is 1.31. The van der Waals surface area contributed by atoms with Gasteiger partial charge in [0.1, 0.15) is 0 Å². The predicted octanol–water partition coefficient (Wildman–Crippen LogP) is 4.76. The summed E-state index contributed by atoms with van der Waals surface area (Å²) in [6, 6.07) is 5.08. The number of hydrogen-bond acceptors (Lipinski definition) is 3. The molecule has 0 spiro atoms. The molecule has 2 aromatic rings. The van der Waals surface area contributed by atoms with Crippen molar-refractivity contribution in [1.29, 1.82) is 0 Å². The highest BCUT2D eigenvalue weighted by atomic mass is 127. The van der Waals surface area contributed by atoms with Crippen molar-refractivity contribution < 1.29 is 18.0 Å². The monoisotopic (exact) mass is 461 g/mol. The summed E-state index contributed by atoms with van der Waals surface area (Å²) in [5.74, 6) is -0.474. The summed E-state index contributed by atoms with van der Waals surface area (Å²) in [6.45, 7) is 0. The van der Waals surface area contributed by atoms with Crippen LogP contribution in [-0.2, 0) is 6.18 Å². The number of ketones is 1. The number of halogens is 5. The summed E-state index contributed by atoms with van der Waals surface area (Å²) in [6.07, 6.45) is -3.56. The molecule has 100 valence electrons. The number of alkyl halides is 3. The van der Waals surface area contributed by atoms with Crippen LogP contribution in [0.25, 0.3) is 0 Å². The van der Waals surface area contributed by atoms with Crippen molar-refractivity contribution in [2.75, 3.05) is 0 Å². The third kappa shape index (κ3) is 3.34. The van der Waals surface area contributed by atoms with Gasteiger partial charge in [-0.3, -0.25) is 4.79 Å². The summed E-state index contributed by atoms with van der Waals surface area (Å²) in [7, 11) is 0. The predicted molar refractivity (Wildman–Crippen MR) is 77.4 cm³/mol. The smallest absolute Gasteiger partial charge is 0.288 e. The average Bonchev–Trinajstić information content (AvgIpc) is 2.80. The van der Waals surface area contributed by atoms with Gasteiger partial charge in [0.2, 0.25) is 5.78 Å². The third-order valence-electron chi connectivity index (χ3n) is 2.15. The molecule has 19 heavy (non-hydrogen) atoms. The van der Waals surface area contributed by atoms with Gasteiger partial charge >= 0.3 is 6.18 Å². The zero-order valence-corrected chi connectivity index (χ0v) is 13.5. The van der Waals surface area contributed by atoms with E-state index in [1.165, 1.54) is 0 Å². The first-order valence-corrected chi connectivity index (χ1v) is 7.50. The van der Waals surface area contributed by atoms with Crippen molar-refractivity contribution >= 4 is 55.6 Å². The van der Waals surface area contributed by atoms with Gasteiger partial charge in [-0.1, -0.05) is 15.9 Å². The van der Waals surface area contributed by atoms with Crippen LogP contribution in [-0.4, -0.2) is 10.8 Å². The van der Waals surface area contributed by atoms with Crippen LogP contribution >= 0.6 is 49.9 Å². The molecule has 0 atom stereocenters. The number of benzene rings is 1. The second-order valence-corrected chi connectivity index (χ2v) is 6.61. The van der Waals surface area contributed by atoms with E-state index in [1.807, 2.05) is 22.6 Å². The maximum Gasteiger partial charge on any atom is 0.443 e. The van der Waals surface area contributed by atoms with Crippen molar-refractivity contribution in [3.63, 3.8) is 0 Å². The molecule has 2 rings (SSSR count). The lowest BCUT2D eigenvalue weighted by molar-refractivity contribution is -0.137. The third-order valence-corrected chi connectivity index (χ3v) is 4.55. The Morgan fingerprint density at radius 3 is 2.63 bits per heavy atom. The zero-order chi connectivity index (χ0) is 14.2. The fourth-order valence-corrected chi connectivity index (χ4v) is 2.97. The van der Waals surface area contributed by atoms with Crippen LogP contribution in [0, 0.1) is 3.57 Å². The van der Waals surface area contributed by atoms with E-state index in [1.54, 1.807) is 18.2 Å². The first-order valence-electron chi connectivity index (χ1n) is 4.82. The lowest BCUT2D eigenvalue weighted by atomic mass is 10.1. The van der Waals surface area contributed by atoms with Crippen molar-refractivity contribution in [3.8, 4) is 0 Å². The number of thiazole rings is 1. The summed E-state index contributed by atoms with van der Waals surface area (Å²) < 4.78 is 38.7. The Kier molecular flexibility index (Phi) is 4.31. The van der Waals surface area contributed by atoms with Gasteiger partial charge in [-0.2, -0.15) is 13.2 Å². The SMILES string of the molecule is O=C(c1cnc(C(F)(F)F)s1)c1cc(I)ccc1Br.